The van der Waals surface area contributed by atoms with E-state index < -0.39 is 11.8 Å². The normalized spacial score (nSPS) is 12.5. The number of pyridine rings is 2. The van der Waals surface area contributed by atoms with Gasteiger partial charge in [0.05, 0.1) is 11.2 Å². The van der Waals surface area contributed by atoms with Gasteiger partial charge in [0.2, 0.25) is 0 Å². The SMILES string of the molecule is CNc1cc2nc(C)c(-c3cc(NC(=O)NC(C)CC(C)(C)C)c(F)cc3C)cc2cn1. The minimum atomic E-state index is -0.475. The monoisotopic (exact) mass is 437 g/mol. The maximum atomic E-state index is 14.7. The molecule has 3 rings (SSSR count). The summed E-state index contributed by atoms with van der Waals surface area (Å²) in [7, 11) is 1.81. The minimum absolute atomic E-state index is 0.0371. The van der Waals surface area contributed by atoms with Gasteiger partial charge < -0.3 is 16.0 Å². The summed E-state index contributed by atoms with van der Waals surface area (Å²) in [5, 5.41) is 9.46. The number of nitrogens with zero attached hydrogens (tertiary/aromatic N) is 2. The van der Waals surface area contributed by atoms with Crippen molar-refractivity contribution in [2.75, 3.05) is 17.7 Å². The first-order valence-corrected chi connectivity index (χ1v) is 10.8. The number of nitrogens with one attached hydrogen (secondary N) is 3. The summed E-state index contributed by atoms with van der Waals surface area (Å²) in [6.07, 6.45) is 2.58. The van der Waals surface area contributed by atoms with Crippen molar-refractivity contribution in [1.82, 2.24) is 15.3 Å². The van der Waals surface area contributed by atoms with Gasteiger partial charge >= 0.3 is 6.03 Å². The van der Waals surface area contributed by atoms with Crippen LogP contribution >= 0.6 is 0 Å². The molecule has 7 heteroatoms. The molecule has 170 valence electrons. The number of aromatic nitrogens is 2. The van der Waals surface area contributed by atoms with Gasteiger partial charge in [-0.25, -0.2) is 14.2 Å². The highest BCUT2D eigenvalue weighted by atomic mass is 19.1. The Morgan fingerprint density at radius 2 is 1.84 bits per heavy atom. The maximum Gasteiger partial charge on any atom is 0.319 e. The van der Waals surface area contributed by atoms with Crippen molar-refractivity contribution in [3.8, 4) is 11.1 Å². The van der Waals surface area contributed by atoms with E-state index in [0.29, 0.717) is 0 Å². The fourth-order valence-electron chi connectivity index (χ4n) is 3.98. The lowest BCUT2D eigenvalue weighted by molar-refractivity contribution is 0.243. The van der Waals surface area contributed by atoms with Crippen LogP contribution in [0.1, 0.15) is 45.4 Å². The summed E-state index contributed by atoms with van der Waals surface area (Å²) >= 11 is 0. The first kappa shape index (κ1) is 23.4. The van der Waals surface area contributed by atoms with Crippen molar-refractivity contribution < 1.29 is 9.18 Å². The van der Waals surface area contributed by atoms with Crippen molar-refractivity contribution in [3.05, 3.63) is 47.5 Å². The predicted molar refractivity (Wildman–Crippen MR) is 130 cm³/mol. The Morgan fingerprint density at radius 1 is 1.12 bits per heavy atom. The van der Waals surface area contributed by atoms with Gasteiger partial charge in [-0.15, -0.1) is 0 Å². The molecule has 0 aliphatic carbocycles. The van der Waals surface area contributed by atoms with Crippen molar-refractivity contribution in [2.24, 2.45) is 5.41 Å². The van der Waals surface area contributed by atoms with Gasteiger partial charge in [-0.05, 0) is 61.9 Å². The predicted octanol–water partition coefficient (Wildman–Crippen LogP) is 6.04. The second-order valence-electron chi connectivity index (χ2n) is 9.54. The Kier molecular flexibility index (Phi) is 6.67. The Balaban J connectivity index is 1.91. The van der Waals surface area contributed by atoms with Crippen molar-refractivity contribution in [1.29, 1.82) is 0 Å². The number of carbonyl (C=O) groups excluding carboxylic acids is 1. The molecule has 32 heavy (non-hydrogen) atoms. The maximum absolute atomic E-state index is 14.7. The molecule has 0 bridgehead atoms. The van der Waals surface area contributed by atoms with E-state index in [2.05, 4.69) is 41.7 Å². The number of rotatable bonds is 5. The van der Waals surface area contributed by atoms with Gasteiger partial charge in [0.25, 0.3) is 0 Å². The second kappa shape index (κ2) is 9.10. The second-order valence-corrected chi connectivity index (χ2v) is 9.54. The molecular formula is C25H32FN5O. The van der Waals surface area contributed by atoms with E-state index in [1.54, 1.807) is 12.3 Å². The minimum Gasteiger partial charge on any atom is -0.373 e. The van der Waals surface area contributed by atoms with Crippen molar-refractivity contribution in [3.63, 3.8) is 0 Å². The van der Waals surface area contributed by atoms with E-state index >= 15 is 0 Å². The van der Waals surface area contributed by atoms with Crippen LogP contribution in [-0.2, 0) is 0 Å². The molecule has 0 aliphatic rings. The van der Waals surface area contributed by atoms with Crippen LogP contribution in [0.2, 0.25) is 0 Å². The number of halogens is 1. The van der Waals surface area contributed by atoms with E-state index in [4.69, 9.17) is 4.98 Å². The number of fused-ring (bicyclic) bond motifs is 1. The average molecular weight is 438 g/mol. The zero-order chi connectivity index (χ0) is 23.6. The van der Waals surface area contributed by atoms with Crippen LogP contribution in [0.3, 0.4) is 0 Å². The molecule has 0 aliphatic heterocycles. The molecule has 2 amide bonds. The Morgan fingerprint density at radius 3 is 2.50 bits per heavy atom. The van der Waals surface area contributed by atoms with Crippen LogP contribution in [0.4, 0.5) is 20.7 Å². The summed E-state index contributed by atoms with van der Waals surface area (Å²) in [6.45, 7) is 12.1. The molecule has 6 nitrogen and oxygen atoms in total. The molecule has 0 saturated heterocycles. The first-order valence-electron chi connectivity index (χ1n) is 10.8. The van der Waals surface area contributed by atoms with Crippen molar-refractivity contribution >= 4 is 28.4 Å². The molecular weight excluding hydrogens is 405 g/mol. The fourth-order valence-corrected chi connectivity index (χ4v) is 3.98. The topological polar surface area (TPSA) is 78.9 Å². The Hall–Kier alpha value is -3.22. The van der Waals surface area contributed by atoms with Gasteiger partial charge in [-0.1, -0.05) is 20.8 Å². The standard InChI is InChI=1S/C25H32FN5O/c1-14-8-20(26)22(31-24(32)29-15(2)12-25(4,5)6)10-18(14)19-9-17-13-28-23(27-7)11-21(17)30-16(19)3/h8-11,13,15H,12H2,1-7H3,(H,27,28)(H2,29,31,32). The number of hydrogen-bond acceptors (Lipinski definition) is 4. The number of urea groups is 1. The summed E-state index contributed by atoms with van der Waals surface area (Å²) in [6, 6.07) is 6.54. The van der Waals surface area contributed by atoms with E-state index in [0.717, 1.165) is 45.5 Å². The molecule has 0 radical (unpaired) electrons. The third-order valence-corrected chi connectivity index (χ3v) is 5.29. The molecule has 0 saturated carbocycles. The number of amides is 2. The Labute approximate surface area is 189 Å². The summed E-state index contributed by atoms with van der Waals surface area (Å²) < 4.78 is 14.7. The summed E-state index contributed by atoms with van der Waals surface area (Å²) in [4.78, 5) is 21.6. The van der Waals surface area contributed by atoms with Crippen molar-refractivity contribution in [2.45, 2.75) is 54.0 Å². The van der Waals surface area contributed by atoms with Crippen LogP contribution in [0.5, 0.6) is 0 Å². The number of hydrogen-bond donors (Lipinski definition) is 3. The van der Waals surface area contributed by atoms with E-state index in [1.807, 2.05) is 40.0 Å². The molecule has 2 heterocycles. The molecule has 2 aromatic heterocycles. The number of anilines is 2. The summed E-state index contributed by atoms with van der Waals surface area (Å²) in [5.74, 6) is 0.268. The first-order chi connectivity index (χ1) is 15.0. The number of carbonyl (C=O) groups is 1. The number of benzene rings is 1. The smallest absolute Gasteiger partial charge is 0.319 e. The molecule has 1 atom stereocenters. The molecule has 3 aromatic rings. The zero-order valence-corrected chi connectivity index (χ0v) is 19.9. The van der Waals surface area contributed by atoms with Crippen LogP contribution in [0.15, 0.2) is 30.5 Å². The van der Waals surface area contributed by atoms with E-state index in [9.17, 15) is 9.18 Å². The summed E-state index contributed by atoms with van der Waals surface area (Å²) in [5.41, 5.74) is 4.31. The van der Waals surface area contributed by atoms with Crippen LogP contribution < -0.4 is 16.0 Å². The zero-order valence-electron chi connectivity index (χ0n) is 19.9. The van der Waals surface area contributed by atoms with Gasteiger partial charge in [0, 0.05) is 42.0 Å². The highest BCUT2D eigenvalue weighted by Crippen LogP contribution is 2.32. The van der Waals surface area contributed by atoms with E-state index in [-0.39, 0.29) is 17.1 Å². The third-order valence-electron chi connectivity index (χ3n) is 5.29. The quantitative estimate of drug-likeness (QED) is 0.455. The van der Waals surface area contributed by atoms with Gasteiger partial charge in [0.15, 0.2) is 0 Å². The van der Waals surface area contributed by atoms with Gasteiger partial charge in [-0.2, -0.15) is 0 Å². The number of aryl methyl sites for hydroxylation is 2. The van der Waals surface area contributed by atoms with Crippen LogP contribution in [0.25, 0.3) is 22.0 Å². The lowest BCUT2D eigenvalue weighted by Gasteiger charge is -2.24. The fraction of sp³-hybridized carbons (Fsp3) is 0.400. The van der Waals surface area contributed by atoms with E-state index in [1.165, 1.54) is 6.07 Å². The average Bonchev–Trinajstić information content (AvgIpc) is 2.67. The third kappa shape index (κ3) is 5.52. The lowest BCUT2D eigenvalue weighted by atomic mass is 9.89. The van der Waals surface area contributed by atoms with Gasteiger partial charge in [0.1, 0.15) is 11.6 Å². The molecule has 0 spiro atoms. The highest BCUT2D eigenvalue weighted by Gasteiger charge is 2.18. The molecule has 1 unspecified atom stereocenters. The Bertz CT molecular complexity index is 1150. The van der Waals surface area contributed by atoms with Crippen LogP contribution in [-0.4, -0.2) is 29.1 Å². The van der Waals surface area contributed by atoms with Gasteiger partial charge in [-0.3, -0.25) is 4.98 Å². The lowest BCUT2D eigenvalue weighted by Crippen LogP contribution is -2.38. The largest absolute Gasteiger partial charge is 0.373 e. The van der Waals surface area contributed by atoms with Crippen LogP contribution in [0, 0.1) is 25.1 Å². The molecule has 1 aromatic carbocycles. The molecule has 3 N–H and O–H groups in total. The molecule has 0 fully saturated rings. The highest BCUT2D eigenvalue weighted by molar-refractivity contribution is 5.92.